The molecule has 1 saturated carbocycles. The number of thiophene rings is 1. The summed E-state index contributed by atoms with van der Waals surface area (Å²) in [5, 5.41) is 2.99. The number of fused-ring (bicyclic) bond motifs is 1. The van der Waals surface area contributed by atoms with Gasteiger partial charge in [-0.2, -0.15) is 0 Å². The number of amides is 1. The van der Waals surface area contributed by atoms with E-state index in [0.717, 1.165) is 40.5 Å². The molecule has 1 fully saturated rings. The number of amidine groups is 1. The third kappa shape index (κ3) is 4.84. The predicted octanol–water partition coefficient (Wildman–Crippen LogP) is 4.32. The van der Waals surface area contributed by atoms with Gasteiger partial charge in [0.25, 0.3) is 5.91 Å². The summed E-state index contributed by atoms with van der Waals surface area (Å²) >= 11 is 1.69. The van der Waals surface area contributed by atoms with Gasteiger partial charge >= 0.3 is 0 Å². The molecule has 0 spiro atoms. The molecule has 9 nitrogen and oxygen atoms in total. The van der Waals surface area contributed by atoms with Crippen molar-refractivity contribution in [2.45, 2.75) is 33.2 Å². The van der Waals surface area contributed by atoms with Gasteiger partial charge in [0, 0.05) is 36.9 Å². The van der Waals surface area contributed by atoms with Crippen LogP contribution in [0.3, 0.4) is 0 Å². The molecule has 5 rings (SSSR count). The minimum absolute atomic E-state index is 0. The standard InChI is InChI=1S/C24H25N7OS.H3N.H2/c1-14-3-5-16(10-26-14)11-28-24(32)18-9-19(29-22(30-25)17-6-7-17)23-27-12-20(31(23)13-18)21-8-4-15(2)33-21;;/h3-5,8-10,12-13,17H,6-7,11,25H2,1-2H3,(H,28,32)(H,29,30);1H3;1H. The maximum atomic E-state index is 13.1. The Morgan fingerprint density at radius 3 is 2.71 bits per heavy atom. The lowest BCUT2D eigenvalue weighted by Gasteiger charge is -2.10. The molecule has 4 heterocycles. The van der Waals surface area contributed by atoms with E-state index in [0.29, 0.717) is 29.4 Å². The van der Waals surface area contributed by atoms with Gasteiger partial charge in [-0.1, -0.05) is 6.07 Å². The lowest BCUT2D eigenvalue weighted by Crippen LogP contribution is -2.31. The van der Waals surface area contributed by atoms with E-state index < -0.39 is 0 Å². The first-order valence-electron chi connectivity index (χ1n) is 10.8. The molecule has 1 aliphatic carbocycles. The highest BCUT2D eigenvalue weighted by Crippen LogP contribution is 2.34. The molecule has 7 N–H and O–H groups in total. The fourth-order valence-corrected chi connectivity index (χ4v) is 4.52. The van der Waals surface area contributed by atoms with Gasteiger partial charge in [0.1, 0.15) is 11.5 Å². The molecule has 0 saturated heterocycles. The third-order valence-electron chi connectivity index (χ3n) is 5.62. The quantitative estimate of drug-likeness (QED) is 0.141. The molecule has 0 unspecified atom stereocenters. The molecule has 178 valence electrons. The Labute approximate surface area is 203 Å². The lowest BCUT2D eigenvalue weighted by molar-refractivity contribution is 0.0950. The second-order valence-electron chi connectivity index (χ2n) is 8.27. The molecule has 4 aromatic heterocycles. The van der Waals surface area contributed by atoms with Gasteiger partial charge in [0.2, 0.25) is 0 Å². The van der Waals surface area contributed by atoms with Crippen LogP contribution in [0, 0.1) is 19.8 Å². The number of nitrogens with two attached hydrogens (primary N) is 1. The van der Waals surface area contributed by atoms with Crippen molar-refractivity contribution in [3.05, 3.63) is 70.6 Å². The summed E-state index contributed by atoms with van der Waals surface area (Å²) in [5.74, 6) is 6.59. The number of aliphatic imine (C=N–C) groups is 1. The maximum Gasteiger partial charge on any atom is 0.253 e. The molecule has 0 atom stereocenters. The highest BCUT2D eigenvalue weighted by atomic mass is 32.1. The Bertz CT molecular complexity index is 1360. The molecule has 0 bridgehead atoms. The van der Waals surface area contributed by atoms with E-state index in [2.05, 4.69) is 39.8 Å². The van der Waals surface area contributed by atoms with E-state index in [1.165, 1.54) is 4.88 Å². The third-order valence-corrected chi connectivity index (χ3v) is 6.64. The van der Waals surface area contributed by atoms with E-state index in [-0.39, 0.29) is 13.5 Å². The van der Waals surface area contributed by atoms with Crippen molar-refractivity contribution < 1.29 is 6.22 Å². The molecule has 1 aliphatic rings. The van der Waals surface area contributed by atoms with E-state index in [9.17, 15) is 4.79 Å². The fourth-order valence-electron chi connectivity index (χ4n) is 3.65. The number of pyridine rings is 2. The van der Waals surface area contributed by atoms with Gasteiger partial charge in [0.05, 0.1) is 22.3 Å². The number of hydrazine groups is 1. The first-order chi connectivity index (χ1) is 16.0. The lowest BCUT2D eigenvalue weighted by atomic mass is 10.2. The van der Waals surface area contributed by atoms with Gasteiger partial charge in [0.15, 0.2) is 5.65 Å². The number of hydrogen-bond acceptors (Lipinski definition) is 7. The number of aryl methyl sites for hydroxylation is 2. The summed E-state index contributed by atoms with van der Waals surface area (Å²) in [7, 11) is 0. The van der Waals surface area contributed by atoms with Crippen LogP contribution in [0.15, 0.2) is 53.9 Å². The minimum atomic E-state index is -0.190. The average Bonchev–Trinajstić information content (AvgIpc) is 3.43. The number of imidazole rings is 1. The van der Waals surface area contributed by atoms with E-state index in [1.54, 1.807) is 23.6 Å². The van der Waals surface area contributed by atoms with Crippen molar-refractivity contribution in [1.82, 2.24) is 31.3 Å². The van der Waals surface area contributed by atoms with Crippen LogP contribution in [0.25, 0.3) is 16.2 Å². The number of nitrogens with one attached hydrogen (secondary N) is 2. The molecule has 4 aromatic rings. The first-order valence-corrected chi connectivity index (χ1v) is 11.7. The Balaban J connectivity index is 0.00000171. The number of nitrogens with zero attached hydrogens (tertiary/aromatic N) is 4. The largest absolute Gasteiger partial charge is 0.348 e. The van der Waals surface area contributed by atoms with Crippen LogP contribution in [0.1, 0.15) is 40.8 Å². The molecule has 0 radical (unpaired) electrons. The van der Waals surface area contributed by atoms with Crippen LogP contribution in [-0.2, 0) is 6.54 Å². The number of aromatic nitrogens is 3. The van der Waals surface area contributed by atoms with E-state index >= 15 is 0 Å². The van der Waals surface area contributed by atoms with Crippen LogP contribution >= 0.6 is 11.3 Å². The van der Waals surface area contributed by atoms with Crippen LogP contribution in [0.5, 0.6) is 0 Å². The number of carbonyl (C=O) groups is 1. The number of carbonyl (C=O) groups excluding carboxylic acids is 1. The van der Waals surface area contributed by atoms with Crippen molar-refractivity contribution in [3.63, 3.8) is 0 Å². The Morgan fingerprint density at radius 1 is 1.24 bits per heavy atom. The second-order valence-corrected chi connectivity index (χ2v) is 9.56. The number of hydrogen-bond donors (Lipinski definition) is 4. The molecule has 10 heteroatoms. The zero-order valence-corrected chi connectivity index (χ0v) is 20.0. The highest BCUT2D eigenvalue weighted by molar-refractivity contribution is 7.15. The van der Waals surface area contributed by atoms with E-state index in [1.807, 2.05) is 35.9 Å². The molecular formula is C24H30N8OS. The van der Waals surface area contributed by atoms with Gasteiger partial charge < -0.3 is 16.9 Å². The summed E-state index contributed by atoms with van der Waals surface area (Å²) in [6.07, 6.45) is 7.53. The molecule has 0 aromatic carbocycles. The highest BCUT2D eigenvalue weighted by Gasteiger charge is 2.28. The molecule has 34 heavy (non-hydrogen) atoms. The summed E-state index contributed by atoms with van der Waals surface area (Å²) in [4.78, 5) is 29.1. The summed E-state index contributed by atoms with van der Waals surface area (Å²) in [5.41, 5.74) is 7.32. The zero-order valence-electron chi connectivity index (χ0n) is 19.2. The van der Waals surface area contributed by atoms with Crippen molar-refractivity contribution in [3.8, 4) is 10.6 Å². The monoisotopic (exact) mass is 478 g/mol. The topological polar surface area (TPSA) is 145 Å². The Hall–Kier alpha value is -3.60. The smallest absolute Gasteiger partial charge is 0.253 e. The summed E-state index contributed by atoms with van der Waals surface area (Å²) < 4.78 is 1.94. The molecular weight excluding hydrogens is 448 g/mol. The molecule has 1 amide bonds. The van der Waals surface area contributed by atoms with Crippen molar-refractivity contribution in [2.24, 2.45) is 16.8 Å². The second kappa shape index (κ2) is 9.72. The Morgan fingerprint density at radius 2 is 2.06 bits per heavy atom. The summed E-state index contributed by atoms with van der Waals surface area (Å²) in [6.45, 7) is 4.39. The van der Waals surface area contributed by atoms with Gasteiger partial charge in [-0.15, -0.1) is 11.3 Å². The van der Waals surface area contributed by atoms with Crippen LogP contribution in [0.4, 0.5) is 5.69 Å². The van der Waals surface area contributed by atoms with Crippen molar-refractivity contribution in [1.29, 1.82) is 0 Å². The van der Waals surface area contributed by atoms with Gasteiger partial charge in [-0.3, -0.25) is 14.2 Å². The van der Waals surface area contributed by atoms with Crippen LogP contribution in [-0.4, -0.2) is 26.1 Å². The average molecular weight is 479 g/mol. The van der Waals surface area contributed by atoms with E-state index in [4.69, 9.17) is 10.8 Å². The van der Waals surface area contributed by atoms with Crippen LogP contribution in [0.2, 0.25) is 0 Å². The zero-order chi connectivity index (χ0) is 22.9. The van der Waals surface area contributed by atoms with Crippen LogP contribution < -0.4 is 22.7 Å². The Kier molecular flexibility index (Phi) is 6.73. The van der Waals surface area contributed by atoms with Gasteiger partial charge in [-0.25, -0.2) is 15.8 Å². The SMILES string of the molecule is Cc1ccc(CNC(=O)c2cc(N=C(NN)C3CC3)c3ncc(-c4ccc(C)s4)n3c2)cn1.N.[HH]. The van der Waals surface area contributed by atoms with Gasteiger partial charge in [-0.05, 0) is 56.5 Å². The number of rotatable bonds is 6. The summed E-state index contributed by atoms with van der Waals surface area (Å²) in [6, 6.07) is 9.81. The minimum Gasteiger partial charge on any atom is -0.348 e. The van der Waals surface area contributed by atoms with Crippen molar-refractivity contribution in [2.75, 3.05) is 0 Å². The maximum absolute atomic E-state index is 13.1. The first kappa shape index (κ1) is 23.6. The van der Waals surface area contributed by atoms with Crippen molar-refractivity contribution >= 4 is 34.4 Å². The predicted molar refractivity (Wildman–Crippen MR) is 138 cm³/mol. The normalized spacial score (nSPS) is 13.6. The fraction of sp³-hybridized carbons (Fsp3) is 0.250. The molecule has 0 aliphatic heterocycles.